The van der Waals surface area contributed by atoms with Crippen LogP contribution in [0.5, 0.6) is 0 Å². The standard InChI is InChI=1S/C21H31N3O5S/c1-16-9-11-18(12-10-16)30(27,28)24-13-6-14-29-19(24)15-22-20(25)21(26)23-17-7-4-2-3-5-8-17/h9-12,17,19H,2-8,13-15H2,1H3,(H,22,25)(H,23,26)/t19-/m0/s1. The zero-order chi connectivity index (χ0) is 21.6. The summed E-state index contributed by atoms with van der Waals surface area (Å²) >= 11 is 0. The predicted molar refractivity (Wildman–Crippen MR) is 112 cm³/mol. The first-order valence-electron chi connectivity index (χ1n) is 10.7. The number of hydrogen-bond acceptors (Lipinski definition) is 5. The lowest BCUT2D eigenvalue weighted by molar-refractivity contribution is -0.140. The zero-order valence-corrected chi connectivity index (χ0v) is 18.2. The Morgan fingerprint density at radius 1 is 1.03 bits per heavy atom. The number of benzene rings is 1. The molecule has 2 fully saturated rings. The van der Waals surface area contributed by atoms with Crippen LogP contribution in [0, 0.1) is 6.92 Å². The van der Waals surface area contributed by atoms with Gasteiger partial charge in [-0.2, -0.15) is 4.31 Å². The second-order valence-electron chi connectivity index (χ2n) is 7.98. The minimum atomic E-state index is -3.77. The van der Waals surface area contributed by atoms with Gasteiger partial charge < -0.3 is 15.4 Å². The summed E-state index contributed by atoms with van der Waals surface area (Å²) in [4.78, 5) is 24.7. The molecule has 30 heavy (non-hydrogen) atoms. The van der Waals surface area contributed by atoms with Crippen molar-refractivity contribution in [2.45, 2.75) is 69.0 Å². The van der Waals surface area contributed by atoms with Gasteiger partial charge in [0, 0.05) is 12.6 Å². The second kappa shape index (κ2) is 10.4. The van der Waals surface area contributed by atoms with Gasteiger partial charge in [-0.3, -0.25) is 9.59 Å². The van der Waals surface area contributed by atoms with Crippen LogP contribution in [0.4, 0.5) is 0 Å². The highest BCUT2D eigenvalue weighted by Gasteiger charge is 2.35. The van der Waals surface area contributed by atoms with Crippen molar-refractivity contribution in [1.82, 2.24) is 14.9 Å². The van der Waals surface area contributed by atoms with Crippen molar-refractivity contribution < 1.29 is 22.7 Å². The molecule has 1 atom stereocenters. The van der Waals surface area contributed by atoms with Crippen molar-refractivity contribution in [2.75, 3.05) is 19.7 Å². The summed E-state index contributed by atoms with van der Waals surface area (Å²) in [5.41, 5.74) is 0.965. The van der Waals surface area contributed by atoms with Crippen LogP contribution in [-0.2, 0) is 24.3 Å². The zero-order valence-electron chi connectivity index (χ0n) is 17.4. The van der Waals surface area contributed by atoms with Gasteiger partial charge >= 0.3 is 11.8 Å². The molecule has 0 bridgehead atoms. The molecule has 1 aliphatic heterocycles. The van der Waals surface area contributed by atoms with Gasteiger partial charge in [-0.05, 0) is 38.3 Å². The third kappa shape index (κ3) is 5.80. The lowest BCUT2D eigenvalue weighted by atomic mass is 10.1. The summed E-state index contributed by atoms with van der Waals surface area (Å²) in [6.07, 6.45) is 5.90. The first-order valence-corrected chi connectivity index (χ1v) is 12.1. The van der Waals surface area contributed by atoms with E-state index in [0.29, 0.717) is 19.6 Å². The maximum atomic E-state index is 13.0. The van der Waals surface area contributed by atoms with E-state index in [0.717, 1.165) is 44.1 Å². The van der Waals surface area contributed by atoms with E-state index in [1.54, 1.807) is 24.3 Å². The Kier molecular flexibility index (Phi) is 7.85. The van der Waals surface area contributed by atoms with E-state index in [4.69, 9.17) is 4.74 Å². The maximum Gasteiger partial charge on any atom is 0.309 e. The van der Waals surface area contributed by atoms with Gasteiger partial charge in [-0.1, -0.05) is 43.4 Å². The van der Waals surface area contributed by atoms with Crippen molar-refractivity contribution in [3.8, 4) is 0 Å². The fourth-order valence-electron chi connectivity index (χ4n) is 3.88. The van der Waals surface area contributed by atoms with Crippen LogP contribution in [0.15, 0.2) is 29.2 Å². The monoisotopic (exact) mass is 437 g/mol. The Balaban J connectivity index is 1.59. The summed E-state index contributed by atoms with van der Waals surface area (Å²) < 4.78 is 32.9. The lowest BCUT2D eigenvalue weighted by Crippen LogP contribution is -2.53. The Labute approximate surface area is 178 Å². The number of nitrogens with one attached hydrogen (secondary N) is 2. The molecule has 1 aliphatic carbocycles. The molecule has 3 rings (SSSR count). The van der Waals surface area contributed by atoms with E-state index < -0.39 is 28.1 Å². The highest BCUT2D eigenvalue weighted by Crippen LogP contribution is 2.22. The highest BCUT2D eigenvalue weighted by atomic mass is 32.2. The molecule has 1 aromatic carbocycles. The van der Waals surface area contributed by atoms with Gasteiger partial charge in [-0.15, -0.1) is 0 Å². The molecule has 1 aromatic rings. The second-order valence-corrected chi connectivity index (χ2v) is 9.87. The Morgan fingerprint density at radius 3 is 2.37 bits per heavy atom. The number of rotatable bonds is 5. The van der Waals surface area contributed by atoms with Crippen LogP contribution in [0.1, 0.15) is 50.5 Å². The number of nitrogens with zero attached hydrogens (tertiary/aromatic N) is 1. The highest BCUT2D eigenvalue weighted by molar-refractivity contribution is 7.89. The van der Waals surface area contributed by atoms with Crippen LogP contribution in [0.2, 0.25) is 0 Å². The molecule has 8 nitrogen and oxygen atoms in total. The van der Waals surface area contributed by atoms with E-state index in [-0.39, 0.29) is 17.5 Å². The fraction of sp³-hybridized carbons (Fsp3) is 0.619. The fourth-order valence-corrected chi connectivity index (χ4v) is 5.45. The molecular weight excluding hydrogens is 406 g/mol. The van der Waals surface area contributed by atoms with E-state index in [1.165, 1.54) is 4.31 Å². The first kappa shape index (κ1) is 22.7. The SMILES string of the molecule is Cc1ccc(S(=O)(=O)N2CCCO[C@H]2CNC(=O)C(=O)NC2CCCCCC2)cc1. The molecule has 0 spiro atoms. The number of carbonyl (C=O) groups excluding carboxylic acids is 2. The van der Waals surface area contributed by atoms with Crippen LogP contribution >= 0.6 is 0 Å². The number of sulfonamides is 1. The molecule has 1 saturated heterocycles. The molecule has 1 saturated carbocycles. The first-order chi connectivity index (χ1) is 14.4. The molecule has 9 heteroatoms. The number of ether oxygens (including phenoxy) is 1. The average molecular weight is 438 g/mol. The normalized spacial score (nSPS) is 21.6. The van der Waals surface area contributed by atoms with Crippen LogP contribution in [0.25, 0.3) is 0 Å². The van der Waals surface area contributed by atoms with Gasteiger partial charge in [0.05, 0.1) is 18.0 Å². The van der Waals surface area contributed by atoms with Crippen molar-refractivity contribution >= 4 is 21.8 Å². The summed E-state index contributed by atoms with van der Waals surface area (Å²) in [5.74, 6) is -1.44. The third-order valence-electron chi connectivity index (χ3n) is 5.62. The van der Waals surface area contributed by atoms with Crippen molar-refractivity contribution in [3.63, 3.8) is 0 Å². The average Bonchev–Trinajstić information content (AvgIpc) is 3.01. The summed E-state index contributed by atoms with van der Waals surface area (Å²) in [7, 11) is -3.77. The maximum absolute atomic E-state index is 13.0. The Morgan fingerprint density at radius 2 is 1.70 bits per heavy atom. The lowest BCUT2D eigenvalue weighted by Gasteiger charge is -2.34. The number of carbonyl (C=O) groups is 2. The summed E-state index contributed by atoms with van der Waals surface area (Å²) in [6.45, 7) is 2.50. The van der Waals surface area contributed by atoms with Crippen LogP contribution in [0.3, 0.4) is 0 Å². The van der Waals surface area contributed by atoms with Crippen molar-refractivity contribution in [3.05, 3.63) is 29.8 Å². The van der Waals surface area contributed by atoms with Gasteiger partial charge in [0.15, 0.2) is 0 Å². The summed E-state index contributed by atoms with van der Waals surface area (Å²) in [6, 6.07) is 6.64. The molecular formula is C21H31N3O5S. The molecule has 2 N–H and O–H groups in total. The Hall–Kier alpha value is -1.97. The third-order valence-corrected chi connectivity index (χ3v) is 7.52. The molecule has 0 aromatic heterocycles. The van der Waals surface area contributed by atoms with Gasteiger partial charge in [0.1, 0.15) is 6.23 Å². The van der Waals surface area contributed by atoms with Crippen LogP contribution < -0.4 is 10.6 Å². The van der Waals surface area contributed by atoms with Crippen LogP contribution in [-0.4, -0.2) is 56.5 Å². The predicted octanol–water partition coefficient (Wildman–Crippen LogP) is 1.69. The molecule has 166 valence electrons. The number of amides is 2. The molecule has 0 radical (unpaired) electrons. The quantitative estimate of drug-likeness (QED) is 0.539. The number of hydrogen-bond donors (Lipinski definition) is 2. The van der Waals surface area contributed by atoms with Crippen molar-refractivity contribution in [2.24, 2.45) is 0 Å². The van der Waals surface area contributed by atoms with Gasteiger partial charge in [0.25, 0.3) is 0 Å². The molecule has 0 unspecified atom stereocenters. The van der Waals surface area contributed by atoms with E-state index in [1.807, 2.05) is 6.92 Å². The van der Waals surface area contributed by atoms with Gasteiger partial charge in [-0.25, -0.2) is 8.42 Å². The van der Waals surface area contributed by atoms with E-state index >= 15 is 0 Å². The summed E-state index contributed by atoms with van der Waals surface area (Å²) in [5, 5.41) is 5.33. The van der Waals surface area contributed by atoms with E-state index in [2.05, 4.69) is 10.6 Å². The minimum Gasteiger partial charge on any atom is -0.360 e. The topological polar surface area (TPSA) is 105 Å². The molecule has 2 amide bonds. The molecule has 2 aliphatic rings. The molecule has 1 heterocycles. The van der Waals surface area contributed by atoms with Gasteiger partial charge in [0.2, 0.25) is 10.0 Å². The minimum absolute atomic E-state index is 0.0232. The largest absolute Gasteiger partial charge is 0.360 e. The van der Waals surface area contributed by atoms with Crippen molar-refractivity contribution in [1.29, 1.82) is 0 Å². The van der Waals surface area contributed by atoms with E-state index in [9.17, 15) is 18.0 Å². The Bertz CT molecular complexity index is 833. The smallest absolute Gasteiger partial charge is 0.309 e. The number of aryl methyl sites for hydroxylation is 1.